The van der Waals surface area contributed by atoms with Crippen LogP contribution in [0.15, 0.2) is 48.7 Å². The van der Waals surface area contributed by atoms with Crippen molar-refractivity contribution >= 4 is 17.5 Å². The maximum absolute atomic E-state index is 12.8. The Kier molecular flexibility index (Phi) is 5.12. The smallest absolute Gasteiger partial charge is 0.260 e. The maximum Gasteiger partial charge on any atom is 0.260 e. The van der Waals surface area contributed by atoms with Crippen LogP contribution in [-0.4, -0.2) is 23.3 Å². The number of aromatic nitrogens is 1. The monoisotopic (exact) mass is 337 g/mol. The van der Waals surface area contributed by atoms with Gasteiger partial charge in [0.1, 0.15) is 0 Å². The third-order valence-electron chi connectivity index (χ3n) is 4.37. The first kappa shape index (κ1) is 17.1. The van der Waals surface area contributed by atoms with E-state index in [1.165, 1.54) is 0 Å². The molecule has 0 aliphatic carbocycles. The summed E-state index contributed by atoms with van der Waals surface area (Å²) in [6.07, 6.45) is 2.82. The number of nitrogens with one attached hydrogen (secondary N) is 1. The van der Waals surface area contributed by atoms with Gasteiger partial charge >= 0.3 is 0 Å². The standard InChI is InChI=1S/C20H23N3O2/c1-14(2)10-12-21-18(24)13-17-19-16(9-6-11-22-19)20(25)23(17)15-7-4-3-5-8-15/h3-9,11,14,17H,10,12-13H2,1-2H3,(H,21,24). The molecule has 0 saturated carbocycles. The molecule has 2 aromatic rings. The van der Waals surface area contributed by atoms with Crippen LogP contribution in [0, 0.1) is 5.92 Å². The summed E-state index contributed by atoms with van der Waals surface area (Å²) in [4.78, 5) is 31.3. The fraction of sp³-hybridized carbons (Fsp3) is 0.350. The van der Waals surface area contributed by atoms with Gasteiger partial charge in [-0.2, -0.15) is 0 Å². The van der Waals surface area contributed by atoms with Crippen molar-refractivity contribution in [3.63, 3.8) is 0 Å². The van der Waals surface area contributed by atoms with Crippen molar-refractivity contribution in [2.45, 2.75) is 32.7 Å². The van der Waals surface area contributed by atoms with Crippen LogP contribution in [0.3, 0.4) is 0 Å². The van der Waals surface area contributed by atoms with E-state index in [9.17, 15) is 9.59 Å². The lowest BCUT2D eigenvalue weighted by Gasteiger charge is -2.24. The Morgan fingerprint density at radius 2 is 1.96 bits per heavy atom. The average molecular weight is 337 g/mol. The SMILES string of the molecule is CC(C)CCNC(=O)CC1c2ncccc2C(=O)N1c1ccccc1. The van der Waals surface area contributed by atoms with Crippen LogP contribution in [0.1, 0.15) is 48.8 Å². The van der Waals surface area contributed by atoms with Gasteiger partial charge in [-0.05, 0) is 36.6 Å². The number of para-hydroxylation sites is 1. The molecular weight excluding hydrogens is 314 g/mol. The van der Waals surface area contributed by atoms with Gasteiger partial charge in [-0.3, -0.25) is 19.5 Å². The molecule has 130 valence electrons. The largest absolute Gasteiger partial charge is 0.356 e. The van der Waals surface area contributed by atoms with Crippen molar-refractivity contribution in [2.24, 2.45) is 5.92 Å². The predicted molar refractivity (Wildman–Crippen MR) is 97.3 cm³/mol. The van der Waals surface area contributed by atoms with E-state index >= 15 is 0 Å². The highest BCUT2D eigenvalue weighted by atomic mass is 16.2. The molecule has 2 heterocycles. The van der Waals surface area contributed by atoms with Crippen molar-refractivity contribution in [3.8, 4) is 0 Å². The van der Waals surface area contributed by atoms with Crippen LogP contribution >= 0.6 is 0 Å². The molecule has 1 unspecified atom stereocenters. The molecule has 0 bridgehead atoms. The van der Waals surface area contributed by atoms with Gasteiger partial charge < -0.3 is 5.32 Å². The van der Waals surface area contributed by atoms with Crippen LogP contribution in [-0.2, 0) is 4.79 Å². The highest BCUT2D eigenvalue weighted by molar-refractivity contribution is 6.11. The fourth-order valence-electron chi connectivity index (χ4n) is 3.08. The lowest BCUT2D eigenvalue weighted by molar-refractivity contribution is -0.121. The zero-order valence-electron chi connectivity index (χ0n) is 14.6. The van der Waals surface area contributed by atoms with Crippen LogP contribution < -0.4 is 10.2 Å². The van der Waals surface area contributed by atoms with Crippen molar-refractivity contribution in [2.75, 3.05) is 11.4 Å². The summed E-state index contributed by atoms with van der Waals surface area (Å²) in [6.45, 7) is 4.90. The predicted octanol–water partition coefficient (Wildman–Crippen LogP) is 3.34. The van der Waals surface area contributed by atoms with Crippen molar-refractivity contribution in [3.05, 3.63) is 59.9 Å². The second kappa shape index (κ2) is 7.47. The zero-order chi connectivity index (χ0) is 17.8. The molecule has 1 atom stereocenters. The molecule has 0 saturated heterocycles. The number of nitrogens with zero attached hydrogens (tertiary/aromatic N) is 2. The molecule has 1 aromatic heterocycles. The number of anilines is 1. The van der Waals surface area contributed by atoms with Gasteiger partial charge in [-0.15, -0.1) is 0 Å². The number of hydrogen-bond acceptors (Lipinski definition) is 3. The summed E-state index contributed by atoms with van der Waals surface area (Å²) in [5.74, 6) is 0.378. The lowest BCUT2D eigenvalue weighted by Crippen LogP contribution is -2.33. The zero-order valence-corrected chi connectivity index (χ0v) is 14.6. The van der Waals surface area contributed by atoms with E-state index in [4.69, 9.17) is 0 Å². The molecule has 0 fully saturated rings. The highest BCUT2D eigenvalue weighted by Gasteiger charge is 2.39. The van der Waals surface area contributed by atoms with Crippen molar-refractivity contribution in [1.82, 2.24) is 10.3 Å². The Morgan fingerprint density at radius 1 is 1.20 bits per heavy atom. The first-order valence-corrected chi connectivity index (χ1v) is 8.68. The summed E-state index contributed by atoms with van der Waals surface area (Å²) in [6, 6.07) is 12.6. The number of amides is 2. The average Bonchev–Trinajstić information content (AvgIpc) is 2.88. The number of rotatable bonds is 6. The van der Waals surface area contributed by atoms with E-state index in [1.54, 1.807) is 23.2 Å². The van der Waals surface area contributed by atoms with Gasteiger partial charge in [-0.1, -0.05) is 32.0 Å². The first-order chi connectivity index (χ1) is 12.1. The van der Waals surface area contributed by atoms with Gasteiger partial charge in [0.25, 0.3) is 5.91 Å². The molecule has 0 radical (unpaired) electrons. The number of carbonyl (C=O) groups is 2. The van der Waals surface area contributed by atoms with E-state index in [1.807, 2.05) is 30.3 Å². The van der Waals surface area contributed by atoms with Gasteiger partial charge in [0.2, 0.25) is 5.91 Å². The van der Waals surface area contributed by atoms with E-state index in [0.29, 0.717) is 23.7 Å². The molecule has 5 heteroatoms. The Labute approximate surface area is 148 Å². The van der Waals surface area contributed by atoms with Crippen molar-refractivity contribution < 1.29 is 9.59 Å². The molecule has 5 nitrogen and oxygen atoms in total. The number of fused-ring (bicyclic) bond motifs is 1. The number of carbonyl (C=O) groups excluding carboxylic acids is 2. The minimum absolute atomic E-state index is 0.0575. The third kappa shape index (κ3) is 3.71. The molecule has 1 aliphatic rings. The molecule has 25 heavy (non-hydrogen) atoms. The Morgan fingerprint density at radius 3 is 2.68 bits per heavy atom. The van der Waals surface area contributed by atoms with Gasteiger partial charge in [0, 0.05) is 18.4 Å². The quantitative estimate of drug-likeness (QED) is 0.879. The maximum atomic E-state index is 12.8. The Hall–Kier alpha value is -2.69. The number of benzene rings is 1. The Balaban J connectivity index is 1.83. The minimum atomic E-state index is -0.370. The van der Waals surface area contributed by atoms with Crippen LogP contribution in [0.4, 0.5) is 5.69 Å². The first-order valence-electron chi connectivity index (χ1n) is 8.68. The molecule has 2 amide bonds. The topological polar surface area (TPSA) is 62.3 Å². The fourth-order valence-corrected chi connectivity index (χ4v) is 3.08. The normalized spacial score (nSPS) is 16.2. The van der Waals surface area contributed by atoms with Crippen LogP contribution in [0.2, 0.25) is 0 Å². The molecule has 1 aromatic carbocycles. The van der Waals surface area contributed by atoms with Crippen molar-refractivity contribution in [1.29, 1.82) is 0 Å². The summed E-state index contributed by atoms with van der Waals surface area (Å²) in [7, 11) is 0. The van der Waals surface area contributed by atoms with E-state index < -0.39 is 0 Å². The highest BCUT2D eigenvalue weighted by Crippen LogP contribution is 2.37. The molecule has 1 N–H and O–H groups in total. The second-order valence-electron chi connectivity index (χ2n) is 6.70. The van der Waals surface area contributed by atoms with Crippen LogP contribution in [0.25, 0.3) is 0 Å². The van der Waals surface area contributed by atoms with E-state index in [-0.39, 0.29) is 24.3 Å². The summed E-state index contributed by atoms with van der Waals surface area (Å²) in [5.41, 5.74) is 2.03. The van der Waals surface area contributed by atoms with Gasteiger partial charge in [0.05, 0.1) is 23.7 Å². The summed E-state index contributed by atoms with van der Waals surface area (Å²) >= 11 is 0. The van der Waals surface area contributed by atoms with E-state index in [0.717, 1.165) is 12.1 Å². The second-order valence-corrected chi connectivity index (χ2v) is 6.70. The molecule has 1 aliphatic heterocycles. The summed E-state index contributed by atoms with van der Waals surface area (Å²) < 4.78 is 0. The molecular formula is C20H23N3O2. The number of pyridine rings is 1. The Bertz CT molecular complexity index is 759. The molecule has 0 spiro atoms. The third-order valence-corrected chi connectivity index (χ3v) is 4.37. The van der Waals surface area contributed by atoms with Gasteiger partial charge in [0.15, 0.2) is 0 Å². The van der Waals surface area contributed by atoms with Gasteiger partial charge in [-0.25, -0.2) is 0 Å². The lowest BCUT2D eigenvalue weighted by atomic mass is 10.1. The minimum Gasteiger partial charge on any atom is -0.356 e. The van der Waals surface area contributed by atoms with E-state index in [2.05, 4.69) is 24.1 Å². The summed E-state index contributed by atoms with van der Waals surface area (Å²) in [5, 5.41) is 2.95. The molecule has 3 rings (SSSR count). The van der Waals surface area contributed by atoms with Crippen LogP contribution in [0.5, 0.6) is 0 Å². The number of hydrogen-bond donors (Lipinski definition) is 1.